The summed E-state index contributed by atoms with van der Waals surface area (Å²) in [6, 6.07) is 6.88. The number of hydrogen-bond acceptors (Lipinski definition) is 1. The number of benzene rings is 1. The molecule has 0 radical (unpaired) electrons. The van der Waals surface area contributed by atoms with Crippen LogP contribution in [0.5, 0.6) is 0 Å². The summed E-state index contributed by atoms with van der Waals surface area (Å²) in [6.07, 6.45) is 0. The summed E-state index contributed by atoms with van der Waals surface area (Å²) >= 11 is 3.78. The van der Waals surface area contributed by atoms with E-state index < -0.39 is 0 Å². The fraction of sp³-hybridized carbons (Fsp3) is 0.467. The molecule has 18 heavy (non-hydrogen) atoms. The monoisotopic (exact) mass is 306 g/mol. The Kier molecular flexibility index (Phi) is 2.79. The Balaban J connectivity index is 2.26. The van der Waals surface area contributed by atoms with Gasteiger partial charge >= 0.3 is 0 Å². The molecule has 1 N–H and O–H groups in total. The highest BCUT2D eigenvalue weighted by atomic mass is 79.9. The molecular weight excluding hydrogens is 288 g/mol. The lowest BCUT2D eigenvalue weighted by molar-refractivity contribution is 0.525. The van der Waals surface area contributed by atoms with Crippen LogP contribution in [0.4, 0.5) is 0 Å². The normalized spacial score (nSPS) is 16.0. The molecule has 0 saturated heterocycles. The van der Waals surface area contributed by atoms with Gasteiger partial charge in [-0.25, -0.2) is 0 Å². The first-order valence-electron chi connectivity index (χ1n) is 6.50. The van der Waals surface area contributed by atoms with Crippen LogP contribution in [-0.4, -0.2) is 11.1 Å². The Morgan fingerprint density at radius 1 is 1.28 bits per heavy atom. The van der Waals surface area contributed by atoms with Crippen LogP contribution < -0.4 is 5.32 Å². The molecule has 0 fully saturated rings. The van der Waals surface area contributed by atoms with Crippen LogP contribution >= 0.6 is 15.9 Å². The summed E-state index contributed by atoms with van der Waals surface area (Å²) in [6.45, 7) is 9.87. The van der Waals surface area contributed by atoms with Gasteiger partial charge in [0.15, 0.2) is 0 Å². The second-order valence-corrected chi connectivity index (χ2v) is 6.86. The summed E-state index contributed by atoms with van der Waals surface area (Å²) in [5, 5.41) is 4.79. The maximum atomic E-state index is 3.78. The fourth-order valence-corrected chi connectivity index (χ4v) is 3.33. The van der Waals surface area contributed by atoms with Gasteiger partial charge in [-0.05, 0) is 39.0 Å². The van der Waals surface area contributed by atoms with Gasteiger partial charge in [-0.2, -0.15) is 0 Å². The molecule has 0 amide bonds. The maximum absolute atomic E-state index is 3.78. The van der Waals surface area contributed by atoms with Crippen molar-refractivity contribution in [2.75, 3.05) is 6.54 Å². The van der Waals surface area contributed by atoms with Crippen LogP contribution in [0.15, 0.2) is 22.7 Å². The van der Waals surface area contributed by atoms with Gasteiger partial charge in [-0.15, -0.1) is 0 Å². The number of fused-ring (bicyclic) bond motifs is 3. The summed E-state index contributed by atoms with van der Waals surface area (Å²) in [4.78, 5) is 0. The third kappa shape index (κ3) is 1.81. The minimum Gasteiger partial charge on any atom is -0.341 e. The third-order valence-corrected chi connectivity index (χ3v) is 4.66. The van der Waals surface area contributed by atoms with Crippen molar-refractivity contribution >= 4 is 26.8 Å². The molecule has 1 aromatic carbocycles. The smallest absolute Gasteiger partial charge is 0.0495 e. The average Bonchev–Trinajstić information content (AvgIpc) is 2.63. The van der Waals surface area contributed by atoms with E-state index in [1.165, 1.54) is 26.6 Å². The van der Waals surface area contributed by atoms with Gasteiger partial charge < -0.3 is 9.88 Å². The molecule has 3 rings (SSSR count). The highest BCUT2D eigenvalue weighted by molar-refractivity contribution is 9.10. The first-order valence-corrected chi connectivity index (χ1v) is 7.29. The van der Waals surface area contributed by atoms with Gasteiger partial charge in [-0.1, -0.05) is 26.8 Å². The van der Waals surface area contributed by atoms with Gasteiger partial charge in [-0.3, -0.25) is 0 Å². The number of halogens is 1. The van der Waals surface area contributed by atoms with E-state index in [1.807, 2.05) is 0 Å². The molecule has 0 bridgehead atoms. The molecule has 0 unspecified atom stereocenters. The highest BCUT2D eigenvalue weighted by Crippen LogP contribution is 2.35. The van der Waals surface area contributed by atoms with Crippen molar-refractivity contribution in [3.63, 3.8) is 0 Å². The predicted molar refractivity (Wildman–Crippen MR) is 80.0 cm³/mol. The molecular formula is C15H19BrN2. The Morgan fingerprint density at radius 2 is 2.06 bits per heavy atom. The second kappa shape index (κ2) is 4.10. The van der Waals surface area contributed by atoms with Gasteiger partial charge in [0.05, 0.1) is 0 Å². The number of hydrogen-bond donors (Lipinski definition) is 1. The molecule has 1 aliphatic rings. The molecule has 0 spiro atoms. The summed E-state index contributed by atoms with van der Waals surface area (Å²) < 4.78 is 3.69. The highest BCUT2D eigenvalue weighted by Gasteiger charge is 2.20. The van der Waals surface area contributed by atoms with E-state index >= 15 is 0 Å². The van der Waals surface area contributed by atoms with Crippen molar-refractivity contribution in [2.24, 2.45) is 0 Å². The molecule has 2 heterocycles. The lowest BCUT2D eigenvalue weighted by atomic mass is 9.86. The lowest BCUT2D eigenvalue weighted by Gasteiger charge is -2.19. The van der Waals surface area contributed by atoms with Gasteiger partial charge in [0.25, 0.3) is 0 Å². The van der Waals surface area contributed by atoms with E-state index in [1.54, 1.807) is 0 Å². The number of nitrogens with zero attached hydrogens (tertiary/aromatic N) is 1. The average molecular weight is 307 g/mol. The van der Waals surface area contributed by atoms with Crippen molar-refractivity contribution in [3.8, 4) is 0 Å². The van der Waals surface area contributed by atoms with Crippen molar-refractivity contribution in [1.29, 1.82) is 0 Å². The Morgan fingerprint density at radius 3 is 2.78 bits per heavy atom. The molecule has 1 aromatic heterocycles. The lowest BCUT2D eigenvalue weighted by Crippen LogP contribution is -2.27. The summed E-state index contributed by atoms with van der Waals surface area (Å²) in [5.74, 6) is 0. The van der Waals surface area contributed by atoms with E-state index in [-0.39, 0.29) is 5.41 Å². The quantitative estimate of drug-likeness (QED) is 0.783. The molecule has 2 nitrogen and oxygen atoms in total. The summed E-state index contributed by atoms with van der Waals surface area (Å²) in [5.41, 5.74) is 4.33. The van der Waals surface area contributed by atoms with Crippen molar-refractivity contribution < 1.29 is 0 Å². The van der Waals surface area contributed by atoms with Crippen molar-refractivity contribution in [1.82, 2.24) is 9.88 Å². The van der Waals surface area contributed by atoms with Crippen LogP contribution in [-0.2, 0) is 18.5 Å². The van der Waals surface area contributed by atoms with Crippen LogP contribution in [0, 0.1) is 0 Å². The first-order chi connectivity index (χ1) is 8.48. The van der Waals surface area contributed by atoms with Crippen molar-refractivity contribution in [3.05, 3.63) is 33.9 Å². The zero-order chi connectivity index (χ0) is 12.9. The molecule has 0 saturated carbocycles. The Bertz CT molecular complexity index is 605. The van der Waals surface area contributed by atoms with E-state index in [0.29, 0.717) is 0 Å². The number of nitrogens with one attached hydrogen (secondary N) is 1. The van der Waals surface area contributed by atoms with Gasteiger partial charge in [0.2, 0.25) is 0 Å². The van der Waals surface area contributed by atoms with E-state index in [2.05, 4.69) is 64.8 Å². The summed E-state index contributed by atoms with van der Waals surface area (Å²) in [7, 11) is 0. The number of aromatic nitrogens is 1. The van der Waals surface area contributed by atoms with Gasteiger partial charge in [0.1, 0.15) is 0 Å². The van der Waals surface area contributed by atoms with E-state index in [4.69, 9.17) is 0 Å². The molecule has 96 valence electrons. The largest absolute Gasteiger partial charge is 0.341 e. The standard InChI is InChI=1S/C15H19BrN2/c1-15(2,3)10-4-5-12-11(8-10)14(16)13-9-17-6-7-18(12)13/h4-5,8,17H,6-7,9H2,1-3H3. The zero-order valence-electron chi connectivity index (χ0n) is 11.2. The van der Waals surface area contributed by atoms with Gasteiger partial charge in [0, 0.05) is 40.7 Å². The molecule has 3 heteroatoms. The molecule has 0 aliphatic carbocycles. The SMILES string of the molecule is CC(C)(C)c1ccc2c(c1)c(Br)c1n2CCNC1. The maximum Gasteiger partial charge on any atom is 0.0495 e. The first kappa shape index (κ1) is 12.2. The topological polar surface area (TPSA) is 17.0 Å². The third-order valence-electron chi connectivity index (χ3n) is 3.77. The minimum atomic E-state index is 0.203. The zero-order valence-corrected chi connectivity index (χ0v) is 12.8. The predicted octanol–water partition coefficient (Wildman–Crippen LogP) is 3.80. The van der Waals surface area contributed by atoms with Crippen LogP contribution in [0.1, 0.15) is 32.0 Å². The van der Waals surface area contributed by atoms with Crippen LogP contribution in [0.3, 0.4) is 0 Å². The minimum absolute atomic E-state index is 0.203. The molecule has 2 aromatic rings. The van der Waals surface area contributed by atoms with Crippen LogP contribution in [0.25, 0.3) is 10.9 Å². The Labute approximate surface area is 116 Å². The fourth-order valence-electron chi connectivity index (χ4n) is 2.66. The van der Waals surface area contributed by atoms with E-state index in [0.717, 1.165) is 19.6 Å². The van der Waals surface area contributed by atoms with Crippen molar-refractivity contribution in [2.45, 2.75) is 39.3 Å². The molecule has 0 atom stereocenters. The Hall–Kier alpha value is -0.800. The molecule has 1 aliphatic heterocycles. The number of rotatable bonds is 0. The second-order valence-electron chi connectivity index (χ2n) is 6.07. The van der Waals surface area contributed by atoms with Crippen LogP contribution in [0.2, 0.25) is 0 Å². The van der Waals surface area contributed by atoms with E-state index in [9.17, 15) is 0 Å².